The summed E-state index contributed by atoms with van der Waals surface area (Å²) in [6, 6.07) is 0. The lowest BCUT2D eigenvalue weighted by molar-refractivity contribution is -0.149. The molecule has 0 aliphatic carbocycles. The van der Waals surface area contributed by atoms with Crippen LogP contribution < -0.4 is 0 Å². The molecule has 4 nitrogen and oxygen atoms in total. The first-order valence-electron chi connectivity index (χ1n) is 7.61. The van der Waals surface area contributed by atoms with E-state index in [1.165, 1.54) is 6.42 Å². The lowest BCUT2D eigenvalue weighted by Gasteiger charge is -2.40. The van der Waals surface area contributed by atoms with Crippen LogP contribution in [0.2, 0.25) is 0 Å². The molecule has 110 valence electrons. The van der Waals surface area contributed by atoms with Crippen LogP contribution >= 0.6 is 0 Å². The van der Waals surface area contributed by atoms with Crippen LogP contribution in [0.3, 0.4) is 0 Å². The fraction of sp³-hybridized carbons (Fsp3) is 0.933. The van der Waals surface area contributed by atoms with Crippen molar-refractivity contribution in [2.24, 2.45) is 11.8 Å². The van der Waals surface area contributed by atoms with Gasteiger partial charge < -0.3 is 9.64 Å². The van der Waals surface area contributed by atoms with Gasteiger partial charge in [-0.05, 0) is 38.6 Å². The first kappa shape index (κ1) is 14.8. The third-order valence-electron chi connectivity index (χ3n) is 4.28. The largest absolute Gasteiger partial charge is 0.372 e. The molecule has 1 unspecified atom stereocenters. The van der Waals surface area contributed by atoms with Gasteiger partial charge in [-0.25, -0.2) is 0 Å². The molecular weight excluding hydrogens is 240 g/mol. The molecule has 2 heterocycles. The van der Waals surface area contributed by atoms with Gasteiger partial charge in [-0.1, -0.05) is 13.8 Å². The molecule has 1 atom stereocenters. The average Bonchev–Trinajstić information content (AvgIpc) is 2.70. The number of hydrogen-bond donors (Lipinski definition) is 0. The van der Waals surface area contributed by atoms with E-state index in [4.69, 9.17) is 4.74 Å². The van der Waals surface area contributed by atoms with Crippen LogP contribution in [0, 0.1) is 11.8 Å². The molecule has 19 heavy (non-hydrogen) atoms. The molecule has 2 rings (SSSR count). The van der Waals surface area contributed by atoms with Crippen molar-refractivity contribution < 1.29 is 9.53 Å². The molecule has 0 bridgehead atoms. The topological polar surface area (TPSA) is 32.8 Å². The molecule has 1 amide bonds. The van der Waals surface area contributed by atoms with Crippen molar-refractivity contribution >= 4 is 5.91 Å². The maximum absolute atomic E-state index is 12.1. The zero-order valence-electron chi connectivity index (χ0n) is 12.8. The van der Waals surface area contributed by atoms with Crippen molar-refractivity contribution in [2.75, 3.05) is 32.7 Å². The molecule has 0 aromatic rings. The fourth-order valence-corrected chi connectivity index (χ4v) is 2.95. The summed E-state index contributed by atoms with van der Waals surface area (Å²) in [4.78, 5) is 16.4. The van der Waals surface area contributed by atoms with E-state index in [-0.39, 0.29) is 18.1 Å². The van der Waals surface area contributed by atoms with Gasteiger partial charge in [0.2, 0.25) is 5.91 Å². The highest BCUT2D eigenvalue weighted by Gasteiger charge is 2.34. The Morgan fingerprint density at radius 1 is 1.21 bits per heavy atom. The molecule has 0 aromatic carbocycles. The van der Waals surface area contributed by atoms with Gasteiger partial charge in [-0.2, -0.15) is 0 Å². The second-order valence-corrected chi connectivity index (χ2v) is 6.63. The van der Waals surface area contributed by atoms with E-state index in [2.05, 4.69) is 18.7 Å². The Bertz CT molecular complexity index is 311. The summed E-state index contributed by atoms with van der Waals surface area (Å²) in [5.74, 6) is 1.77. The molecule has 0 aromatic heterocycles. The van der Waals surface area contributed by atoms with Crippen molar-refractivity contribution in [2.45, 2.75) is 46.3 Å². The summed E-state index contributed by atoms with van der Waals surface area (Å²) in [7, 11) is 0. The lowest BCUT2D eigenvalue weighted by atomic mass is 9.95. The Balaban J connectivity index is 1.66. The molecule has 0 radical (unpaired) electrons. The van der Waals surface area contributed by atoms with Crippen LogP contribution in [0.5, 0.6) is 0 Å². The smallest absolute Gasteiger partial charge is 0.236 e. The molecule has 0 saturated carbocycles. The van der Waals surface area contributed by atoms with Crippen molar-refractivity contribution in [3.05, 3.63) is 0 Å². The molecule has 2 aliphatic rings. The molecule has 2 aliphatic heterocycles. The average molecular weight is 268 g/mol. The Hall–Kier alpha value is -0.610. The van der Waals surface area contributed by atoms with Crippen molar-refractivity contribution in [3.8, 4) is 0 Å². The molecule has 4 heteroatoms. The van der Waals surface area contributed by atoms with Crippen LogP contribution in [0.1, 0.15) is 34.1 Å². The minimum Gasteiger partial charge on any atom is -0.372 e. The van der Waals surface area contributed by atoms with E-state index in [1.807, 2.05) is 18.7 Å². The van der Waals surface area contributed by atoms with Crippen LogP contribution in [0.25, 0.3) is 0 Å². The van der Waals surface area contributed by atoms with E-state index in [0.717, 1.165) is 38.0 Å². The van der Waals surface area contributed by atoms with Crippen molar-refractivity contribution in [3.63, 3.8) is 0 Å². The van der Waals surface area contributed by atoms with Gasteiger partial charge in [0, 0.05) is 19.6 Å². The number of nitrogens with zero attached hydrogens (tertiary/aromatic N) is 2. The highest BCUT2D eigenvalue weighted by molar-refractivity contribution is 5.79. The second kappa shape index (κ2) is 6.23. The van der Waals surface area contributed by atoms with Crippen LogP contribution in [0.15, 0.2) is 0 Å². The van der Waals surface area contributed by atoms with Crippen LogP contribution in [0.4, 0.5) is 0 Å². The SMILES string of the molecule is CC(C)OC1CN(C(=O)CN2CCC(C(C)C)C2)C1. The minimum absolute atomic E-state index is 0.256. The maximum atomic E-state index is 12.1. The normalized spacial score (nSPS) is 25.4. The second-order valence-electron chi connectivity index (χ2n) is 6.63. The zero-order valence-corrected chi connectivity index (χ0v) is 12.8. The molecule has 0 N–H and O–H groups in total. The number of carbonyl (C=O) groups excluding carboxylic acids is 1. The predicted octanol–water partition coefficient (Wildman–Crippen LogP) is 1.60. The summed E-state index contributed by atoms with van der Waals surface area (Å²) in [6.45, 7) is 13.0. The van der Waals surface area contributed by atoms with E-state index in [1.54, 1.807) is 0 Å². The highest BCUT2D eigenvalue weighted by Crippen LogP contribution is 2.24. The van der Waals surface area contributed by atoms with Gasteiger partial charge in [-0.15, -0.1) is 0 Å². The third kappa shape index (κ3) is 3.93. The summed E-state index contributed by atoms with van der Waals surface area (Å²) >= 11 is 0. The Morgan fingerprint density at radius 2 is 1.89 bits per heavy atom. The van der Waals surface area contributed by atoms with Crippen molar-refractivity contribution in [1.29, 1.82) is 0 Å². The molecule has 0 spiro atoms. The molecular formula is C15H28N2O2. The van der Waals surface area contributed by atoms with Crippen LogP contribution in [-0.2, 0) is 9.53 Å². The standard InChI is InChI=1S/C15H28N2O2/c1-11(2)13-5-6-16(7-13)10-15(18)17-8-14(9-17)19-12(3)4/h11-14H,5-10H2,1-4H3. The van der Waals surface area contributed by atoms with Gasteiger partial charge in [0.15, 0.2) is 0 Å². The van der Waals surface area contributed by atoms with E-state index >= 15 is 0 Å². The summed E-state index contributed by atoms with van der Waals surface area (Å²) < 4.78 is 5.68. The highest BCUT2D eigenvalue weighted by atomic mass is 16.5. The minimum atomic E-state index is 0.256. The summed E-state index contributed by atoms with van der Waals surface area (Å²) in [5, 5.41) is 0. The molecule has 2 saturated heterocycles. The van der Waals surface area contributed by atoms with Gasteiger partial charge >= 0.3 is 0 Å². The predicted molar refractivity (Wildman–Crippen MR) is 76.0 cm³/mol. The van der Waals surface area contributed by atoms with Gasteiger partial charge in [0.25, 0.3) is 0 Å². The lowest BCUT2D eigenvalue weighted by Crippen LogP contribution is -2.57. The first-order chi connectivity index (χ1) is 8.95. The number of amides is 1. The van der Waals surface area contributed by atoms with E-state index in [0.29, 0.717) is 6.54 Å². The van der Waals surface area contributed by atoms with Crippen LogP contribution in [-0.4, -0.2) is 60.6 Å². The maximum Gasteiger partial charge on any atom is 0.236 e. The number of hydrogen-bond acceptors (Lipinski definition) is 3. The van der Waals surface area contributed by atoms with Gasteiger partial charge in [0.05, 0.1) is 18.8 Å². The Kier molecular flexibility index (Phi) is 4.85. The van der Waals surface area contributed by atoms with Crippen molar-refractivity contribution in [1.82, 2.24) is 9.80 Å². The van der Waals surface area contributed by atoms with Gasteiger partial charge in [0.1, 0.15) is 0 Å². The number of rotatable bonds is 5. The Morgan fingerprint density at radius 3 is 2.42 bits per heavy atom. The molecule has 2 fully saturated rings. The quantitative estimate of drug-likeness (QED) is 0.759. The Labute approximate surface area is 117 Å². The summed E-state index contributed by atoms with van der Waals surface area (Å²) in [5.41, 5.74) is 0. The first-order valence-corrected chi connectivity index (χ1v) is 7.61. The number of carbonyl (C=O) groups is 1. The number of likely N-dealkylation sites (tertiary alicyclic amines) is 2. The van der Waals surface area contributed by atoms with E-state index < -0.39 is 0 Å². The van der Waals surface area contributed by atoms with Gasteiger partial charge in [-0.3, -0.25) is 9.69 Å². The fourth-order valence-electron chi connectivity index (χ4n) is 2.95. The number of ether oxygens (including phenoxy) is 1. The third-order valence-corrected chi connectivity index (χ3v) is 4.28. The van der Waals surface area contributed by atoms with E-state index in [9.17, 15) is 4.79 Å². The summed E-state index contributed by atoms with van der Waals surface area (Å²) in [6.07, 6.45) is 1.75. The monoisotopic (exact) mass is 268 g/mol. The zero-order chi connectivity index (χ0) is 14.0.